The summed E-state index contributed by atoms with van der Waals surface area (Å²) in [6, 6.07) is 19.0. The van der Waals surface area contributed by atoms with Crippen LogP contribution in [0.1, 0.15) is 22.3 Å². The number of fused-ring (bicyclic) bond motifs is 1. The highest BCUT2D eigenvalue weighted by molar-refractivity contribution is 6.12. The molecule has 5 heteroatoms. The SMILES string of the molecule is N#Cc1cccc(C2=CC(N)(c3ccc4ncc(C#N)cc4c3)N=C2)c1. The van der Waals surface area contributed by atoms with E-state index >= 15 is 0 Å². The maximum absolute atomic E-state index is 9.07. The van der Waals surface area contributed by atoms with Gasteiger partial charge in [-0.1, -0.05) is 18.2 Å². The maximum atomic E-state index is 9.07. The number of aliphatic imine (C=N–C) groups is 1. The van der Waals surface area contributed by atoms with E-state index in [9.17, 15) is 0 Å². The summed E-state index contributed by atoms with van der Waals surface area (Å²) in [5, 5.41) is 19.0. The highest BCUT2D eigenvalue weighted by atomic mass is 15.0. The Bertz CT molecular complexity index is 1180. The van der Waals surface area contributed by atoms with Crippen LogP contribution in [0, 0.1) is 22.7 Å². The van der Waals surface area contributed by atoms with Gasteiger partial charge in [0.05, 0.1) is 22.7 Å². The molecule has 2 N–H and O–H groups in total. The van der Waals surface area contributed by atoms with Gasteiger partial charge in [0.2, 0.25) is 0 Å². The molecular formula is C21H13N5. The van der Waals surface area contributed by atoms with Gasteiger partial charge in [-0.15, -0.1) is 0 Å². The summed E-state index contributed by atoms with van der Waals surface area (Å²) in [6.45, 7) is 0. The van der Waals surface area contributed by atoms with E-state index in [-0.39, 0.29) is 0 Å². The van der Waals surface area contributed by atoms with Crippen molar-refractivity contribution in [3.05, 3.63) is 83.1 Å². The first kappa shape index (κ1) is 15.7. The highest BCUT2D eigenvalue weighted by Crippen LogP contribution is 2.32. The van der Waals surface area contributed by atoms with Gasteiger partial charge in [0.25, 0.3) is 0 Å². The second-order valence-electron chi connectivity index (χ2n) is 6.12. The summed E-state index contributed by atoms with van der Waals surface area (Å²) in [4.78, 5) is 8.77. The molecule has 26 heavy (non-hydrogen) atoms. The largest absolute Gasteiger partial charge is 0.300 e. The molecular weight excluding hydrogens is 322 g/mol. The molecule has 0 saturated carbocycles. The first-order valence-electron chi connectivity index (χ1n) is 7.99. The van der Waals surface area contributed by atoms with Crippen LogP contribution in [0.2, 0.25) is 0 Å². The van der Waals surface area contributed by atoms with Gasteiger partial charge in [-0.05, 0) is 53.1 Å². The molecule has 0 aliphatic carbocycles. The van der Waals surface area contributed by atoms with E-state index < -0.39 is 5.66 Å². The van der Waals surface area contributed by atoms with Crippen LogP contribution in [-0.4, -0.2) is 11.2 Å². The van der Waals surface area contributed by atoms with E-state index in [1.807, 2.05) is 42.5 Å². The Morgan fingerprint density at radius 3 is 2.62 bits per heavy atom. The van der Waals surface area contributed by atoms with Crippen LogP contribution >= 0.6 is 0 Å². The third-order valence-electron chi connectivity index (χ3n) is 4.39. The fourth-order valence-corrected chi connectivity index (χ4v) is 3.01. The highest BCUT2D eigenvalue weighted by Gasteiger charge is 2.28. The van der Waals surface area contributed by atoms with Crippen LogP contribution in [0.15, 0.2) is 65.8 Å². The third-order valence-corrected chi connectivity index (χ3v) is 4.39. The molecule has 1 atom stereocenters. The third kappa shape index (κ3) is 2.63. The predicted octanol–water partition coefficient (Wildman–Crippen LogP) is 3.26. The van der Waals surface area contributed by atoms with Crippen LogP contribution in [0.4, 0.5) is 0 Å². The van der Waals surface area contributed by atoms with Gasteiger partial charge < -0.3 is 5.73 Å². The summed E-state index contributed by atoms with van der Waals surface area (Å²) in [5.74, 6) is 0. The van der Waals surface area contributed by atoms with Gasteiger partial charge >= 0.3 is 0 Å². The minimum Gasteiger partial charge on any atom is -0.300 e. The smallest absolute Gasteiger partial charge is 0.153 e. The van der Waals surface area contributed by atoms with Crippen molar-refractivity contribution >= 4 is 22.7 Å². The minimum absolute atomic E-state index is 0.500. The van der Waals surface area contributed by atoms with Crippen molar-refractivity contribution in [3.63, 3.8) is 0 Å². The molecule has 1 aliphatic rings. The van der Waals surface area contributed by atoms with Gasteiger partial charge in [0.1, 0.15) is 6.07 Å². The zero-order valence-corrected chi connectivity index (χ0v) is 13.7. The molecule has 0 saturated heterocycles. The van der Waals surface area contributed by atoms with E-state index in [0.717, 1.165) is 27.6 Å². The Kier molecular flexibility index (Phi) is 3.58. The molecule has 2 aromatic carbocycles. The summed E-state index contributed by atoms with van der Waals surface area (Å²) < 4.78 is 0. The molecule has 0 spiro atoms. The van der Waals surface area contributed by atoms with Crippen LogP contribution in [0.25, 0.3) is 16.5 Å². The van der Waals surface area contributed by atoms with Crippen molar-refractivity contribution in [1.82, 2.24) is 4.98 Å². The topological polar surface area (TPSA) is 98.9 Å². The molecule has 1 aliphatic heterocycles. The quantitative estimate of drug-likeness (QED) is 0.777. The summed E-state index contributed by atoms with van der Waals surface area (Å²) in [5.41, 5.74) is 9.99. The lowest BCUT2D eigenvalue weighted by Crippen LogP contribution is -2.30. The lowest BCUT2D eigenvalue weighted by atomic mass is 9.96. The molecule has 1 unspecified atom stereocenters. The molecule has 5 nitrogen and oxygen atoms in total. The Balaban J connectivity index is 1.77. The number of aromatic nitrogens is 1. The number of nitrogens with zero attached hydrogens (tertiary/aromatic N) is 4. The van der Waals surface area contributed by atoms with Crippen LogP contribution in [0.5, 0.6) is 0 Å². The first-order chi connectivity index (χ1) is 12.6. The Hall–Kier alpha value is -3.80. The number of allylic oxidation sites excluding steroid dienone is 1. The van der Waals surface area contributed by atoms with E-state index in [4.69, 9.17) is 16.3 Å². The molecule has 0 amide bonds. The average molecular weight is 335 g/mol. The number of hydrogen-bond donors (Lipinski definition) is 1. The zero-order valence-electron chi connectivity index (χ0n) is 13.7. The molecule has 1 aromatic heterocycles. The second kappa shape index (κ2) is 5.93. The monoisotopic (exact) mass is 335 g/mol. The van der Waals surface area contributed by atoms with Crippen molar-refractivity contribution in [2.75, 3.05) is 0 Å². The number of rotatable bonds is 2. The van der Waals surface area contributed by atoms with Crippen LogP contribution < -0.4 is 5.73 Å². The normalized spacial score (nSPS) is 18.3. The summed E-state index contributed by atoms with van der Waals surface area (Å²) >= 11 is 0. The Morgan fingerprint density at radius 2 is 1.81 bits per heavy atom. The van der Waals surface area contributed by atoms with E-state index in [0.29, 0.717) is 11.1 Å². The molecule has 0 radical (unpaired) electrons. The Morgan fingerprint density at radius 1 is 0.962 bits per heavy atom. The van der Waals surface area contributed by atoms with Gasteiger partial charge in [-0.25, -0.2) is 0 Å². The van der Waals surface area contributed by atoms with Gasteiger partial charge in [0, 0.05) is 17.8 Å². The fourth-order valence-electron chi connectivity index (χ4n) is 3.01. The molecule has 4 rings (SSSR count). The number of nitriles is 2. The fraction of sp³-hybridized carbons (Fsp3) is 0.0476. The number of pyridine rings is 1. The molecule has 0 fully saturated rings. The average Bonchev–Trinajstić information content (AvgIpc) is 3.10. The van der Waals surface area contributed by atoms with Crippen LogP contribution in [-0.2, 0) is 5.66 Å². The van der Waals surface area contributed by atoms with Crippen LogP contribution in [0.3, 0.4) is 0 Å². The number of benzene rings is 2. The van der Waals surface area contributed by atoms with Crippen molar-refractivity contribution in [2.45, 2.75) is 5.66 Å². The van der Waals surface area contributed by atoms with Gasteiger partial charge in [0.15, 0.2) is 5.66 Å². The molecule has 3 aromatic rings. The van der Waals surface area contributed by atoms with Gasteiger partial charge in [-0.3, -0.25) is 9.98 Å². The first-order valence-corrected chi connectivity index (χ1v) is 7.99. The van der Waals surface area contributed by atoms with Crippen molar-refractivity contribution < 1.29 is 0 Å². The second-order valence-corrected chi connectivity index (χ2v) is 6.12. The van der Waals surface area contributed by atoms with Crippen molar-refractivity contribution in [1.29, 1.82) is 10.5 Å². The van der Waals surface area contributed by atoms with Crippen molar-refractivity contribution in [2.24, 2.45) is 10.7 Å². The molecule has 0 bridgehead atoms. The van der Waals surface area contributed by atoms with Crippen molar-refractivity contribution in [3.8, 4) is 12.1 Å². The zero-order chi connectivity index (χ0) is 18.1. The lowest BCUT2D eigenvalue weighted by Gasteiger charge is -2.19. The molecule has 122 valence electrons. The van der Waals surface area contributed by atoms with E-state index in [1.165, 1.54) is 0 Å². The standard InChI is InChI=1S/C21H13N5/c22-10-14-2-1-3-16(6-14)18-9-21(24,26-13-18)19-4-5-20-17(8-19)7-15(11-23)12-25-20/h1-9,12-13H,24H2. The van der Waals surface area contributed by atoms with E-state index in [1.54, 1.807) is 24.5 Å². The Labute approximate surface area is 150 Å². The lowest BCUT2D eigenvalue weighted by molar-refractivity contribution is 0.611. The predicted molar refractivity (Wildman–Crippen MR) is 99.9 cm³/mol. The number of hydrogen-bond acceptors (Lipinski definition) is 5. The van der Waals surface area contributed by atoms with Gasteiger partial charge in [-0.2, -0.15) is 10.5 Å². The number of nitrogens with two attached hydrogens (primary N) is 1. The molecule has 2 heterocycles. The summed E-state index contributed by atoms with van der Waals surface area (Å²) in [6.07, 6.45) is 5.16. The summed E-state index contributed by atoms with van der Waals surface area (Å²) in [7, 11) is 0. The minimum atomic E-state index is -0.991. The maximum Gasteiger partial charge on any atom is 0.153 e. The van der Waals surface area contributed by atoms with E-state index in [2.05, 4.69) is 22.1 Å².